The predicted molar refractivity (Wildman–Crippen MR) is 94.3 cm³/mol. The van der Waals surface area contributed by atoms with Crippen LogP contribution in [-0.2, 0) is 6.42 Å². The van der Waals surface area contributed by atoms with Crippen LogP contribution in [0.25, 0.3) is 0 Å². The Kier molecular flexibility index (Phi) is 5.36. The van der Waals surface area contributed by atoms with Crippen LogP contribution in [0.4, 0.5) is 5.69 Å². The van der Waals surface area contributed by atoms with E-state index in [-0.39, 0.29) is 6.04 Å². The third kappa shape index (κ3) is 3.87. The number of rotatable bonds is 5. The van der Waals surface area contributed by atoms with Crippen LogP contribution in [-0.4, -0.2) is 46.3 Å². The van der Waals surface area contributed by atoms with Gasteiger partial charge in [0, 0.05) is 45.0 Å². The van der Waals surface area contributed by atoms with E-state index < -0.39 is 0 Å². The fourth-order valence-corrected chi connectivity index (χ4v) is 3.24. The molecule has 24 heavy (non-hydrogen) atoms. The highest BCUT2D eigenvalue weighted by Gasteiger charge is 2.26. The summed E-state index contributed by atoms with van der Waals surface area (Å²) in [6.07, 6.45) is 4.31. The smallest absolute Gasteiger partial charge is 0.233 e. The lowest BCUT2D eigenvalue weighted by atomic mass is 10.1. The molecular weight excluding hydrogens is 326 g/mol. The molecule has 3 heterocycles. The number of hydrogen-bond donors (Lipinski definition) is 0. The number of pyridine rings is 1. The van der Waals surface area contributed by atoms with Crippen LogP contribution in [0, 0.1) is 5.92 Å². The molecule has 0 aromatic carbocycles. The summed E-state index contributed by atoms with van der Waals surface area (Å²) < 4.78 is 5.83. The first-order valence-corrected chi connectivity index (χ1v) is 8.83. The van der Waals surface area contributed by atoms with Gasteiger partial charge in [0.15, 0.2) is 0 Å². The topological polar surface area (TPSA) is 58.3 Å². The van der Waals surface area contributed by atoms with Crippen molar-refractivity contribution in [3.05, 3.63) is 35.3 Å². The van der Waals surface area contributed by atoms with E-state index in [9.17, 15) is 0 Å². The van der Waals surface area contributed by atoms with Crippen molar-refractivity contribution in [3.8, 4) is 0 Å². The van der Waals surface area contributed by atoms with Crippen molar-refractivity contribution in [2.45, 2.75) is 33.2 Å². The molecular formula is C17H24ClN5O. The van der Waals surface area contributed by atoms with E-state index in [0.717, 1.165) is 44.2 Å². The van der Waals surface area contributed by atoms with E-state index in [1.54, 1.807) is 12.4 Å². The highest BCUT2D eigenvalue weighted by atomic mass is 35.5. The van der Waals surface area contributed by atoms with Crippen LogP contribution in [0.15, 0.2) is 22.9 Å². The maximum Gasteiger partial charge on any atom is 0.233 e. The zero-order chi connectivity index (χ0) is 17.1. The van der Waals surface area contributed by atoms with Crippen molar-refractivity contribution in [1.29, 1.82) is 0 Å². The maximum absolute atomic E-state index is 6.25. The van der Waals surface area contributed by atoms with Gasteiger partial charge >= 0.3 is 0 Å². The van der Waals surface area contributed by atoms with Crippen LogP contribution < -0.4 is 4.90 Å². The second-order valence-corrected chi connectivity index (χ2v) is 7.07. The van der Waals surface area contributed by atoms with Gasteiger partial charge in [0.1, 0.15) is 0 Å². The molecule has 7 heteroatoms. The molecule has 130 valence electrons. The molecule has 0 bridgehead atoms. The van der Waals surface area contributed by atoms with E-state index in [1.807, 2.05) is 6.07 Å². The largest absolute Gasteiger partial charge is 0.424 e. The number of anilines is 1. The number of aromatic nitrogens is 3. The molecule has 0 saturated carbocycles. The zero-order valence-corrected chi connectivity index (χ0v) is 15.2. The van der Waals surface area contributed by atoms with E-state index in [4.69, 9.17) is 16.0 Å². The molecule has 0 N–H and O–H groups in total. The molecule has 1 fully saturated rings. The Morgan fingerprint density at radius 2 is 1.92 bits per heavy atom. The van der Waals surface area contributed by atoms with Gasteiger partial charge in [-0.05, 0) is 18.9 Å². The number of hydrogen-bond acceptors (Lipinski definition) is 6. The SMILES string of the molecule is CC(C)Cc1nnc(C(C)N2CCN(c3ccncc3Cl)CC2)o1. The highest BCUT2D eigenvalue weighted by molar-refractivity contribution is 6.33. The van der Waals surface area contributed by atoms with Gasteiger partial charge in [-0.15, -0.1) is 10.2 Å². The maximum atomic E-state index is 6.25. The van der Waals surface area contributed by atoms with Crippen LogP contribution in [0.3, 0.4) is 0 Å². The first kappa shape index (κ1) is 17.2. The Morgan fingerprint density at radius 3 is 2.58 bits per heavy atom. The van der Waals surface area contributed by atoms with Crippen LogP contribution >= 0.6 is 11.6 Å². The van der Waals surface area contributed by atoms with E-state index in [2.05, 4.69) is 45.8 Å². The van der Waals surface area contributed by atoms with Crippen molar-refractivity contribution in [1.82, 2.24) is 20.1 Å². The first-order valence-electron chi connectivity index (χ1n) is 8.45. The number of piperazine rings is 1. The molecule has 0 spiro atoms. The van der Waals surface area contributed by atoms with E-state index in [1.165, 1.54) is 0 Å². The predicted octanol–water partition coefficient (Wildman–Crippen LogP) is 3.20. The number of nitrogens with zero attached hydrogens (tertiary/aromatic N) is 5. The van der Waals surface area contributed by atoms with Crippen LogP contribution in [0.2, 0.25) is 5.02 Å². The van der Waals surface area contributed by atoms with Crippen molar-refractivity contribution < 1.29 is 4.42 Å². The molecule has 1 saturated heterocycles. The molecule has 3 rings (SSSR count). The third-order valence-electron chi connectivity index (χ3n) is 4.38. The lowest BCUT2D eigenvalue weighted by molar-refractivity contribution is 0.171. The quantitative estimate of drug-likeness (QED) is 0.826. The van der Waals surface area contributed by atoms with Crippen molar-refractivity contribution in [2.75, 3.05) is 31.1 Å². The summed E-state index contributed by atoms with van der Waals surface area (Å²) >= 11 is 6.25. The minimum atomic E-state index is 0.133. The molecule has 2 aromatic heterocycles. The molecule has 1 unspecified atom stereocenters. The van der Waals surface area contributed by atoms with Crippen LogP contribution in [0.5, 0.6) is 0 Å². The Hall–Kier alpha value is -1.66. The standard InChI is InChI=1S/C17H24ClN5O/c1-12(2)10-16-20-21-17(24-16)13(3)22-6-8-23(9-7-22)15-4-5-19-11-14(15)18/h4-5,11-13H,6-10H2,1-3H3. The van der Waals surface area contributed by atoms with Gasteiger partial charge in [-0.1, -0.05) is 25.4 Å². The fourth-order valence-electron chi connectivity index (χ4n) is 3.00. The molecule has 1 atom stereocenters. The Labute approximate surface area is 147 Å². The fraction of sp³-hybridized carbons (Fsp3) is 0.588. The summed E-state index contributed by atoms with van der Waals surface area (Å²) in [6, 6.07) is 2.10. The minimum Gasteiger partial charge on any atom is -0.424 e. The molecule has 0 radical (unpaired) electrons. The normalized spacial score (nSPS) is 17.5. The second kappa shape index (κ2) is 7.49. The summed E-state index contributed by atoms with van der Waals surface area (Å²) in [5.41, 5.74) is 1.05. The van der Waals surface area contributed by atoms with E-state index >= 15 is 0 Å². The lowest BCUT2D eigenvalue weighted by Gasteiger charge is -2.38. The third-order valence-corrected chi connectivity index (χ3v) is 4.67. The summed E-state index contributed by atoms with van der Waals surface area (Å²) in [6.45, 7) is 10.1. The van der Waals surface area contributed by atoms with Gasteiger partial charge in [-0.25, -0.2) is 0 Å². The van der Waals surface area contributed by atoms with Crippen molar-refractivity contribution in [3.63, 3.8) is 0 Å². The Morgan fingerprint density at radius 1 is 1.17 bits per heavy atom. The van der Waals surface area contributed by atoms with Gasteiger partial charge in [0.05, 0.1) is 16.8 Å². The van der Waals surface area contributed by atoms with Gasteiger partial charge in [0.25, 0.3) is 0 Å². The summed E-state index contributed by atoms with van der Waals surface area (Å²) in [4.78, 5) is 8.72. The van der Waals surface area contributed by atoms with E-state index in [0.29, 0.717) is 16.8 Å². The Balaban J connectivity index is 1.60. The van der Waals surface area contributed by atoms with Gasteiger partial charge in [0.2, 0.25) is 11.8 Å². The molecule has 0 aliphatic carbocycles. The summed E-state index contributed by atoms with van der Waals surface area (Å²) in [5, 5.41) is 9.11. The lowest BCUT2D eigenvalue weighted by Crippen LogP contribution is -2.47. The molecule has 1 aliphatic rings. The second-order valence-electron chi connectivity index (χ2n) is 6.66. The van der Waals surface area contributed by atoms with Gasteiger partial charge in [-0.2, -0.15) is 0 Å². The zero-order valence-electron chi connectivity index (χ0n) is 14.4. The Bertz CT molecular complexity index is 667. The van der Waals surface area contributed by atoms with Crippen molar-refractivity contribution in [2.24, 2.45) is 5.92 Å². The van der Waals surface area contributed by atoms with Gasteiger partial charge in [-0.3, -0.25) is 9.88 Å². The minimum absolute atomic E-state index is 0.133. The highest BCUT2D eigenvalue weighted by Crippen LogP contribution is 2.27. The molecule has 6 nitrogen and oxygen atoms in total. The molecule has 0 amide bonds. The van der Waals surface area contributed by atoms with Gasteiger partial charge < -0.3 is 9.32 Å². The average Bonchev–Trinajstić information content (AvgIpc) is 3.02. The number of halogens is 1. The molecule has 2 aromatic rings. The molecule has 1 aliphatic heterocycles. The monoisotopic (exact) mass is 349 g/mol. The van der Waals surface area contributed by atoms with Crippen molar-refractivity contribution >= 4 is 17.3 Å². The first-order chi connectivity index (χ1) is 11.5. The van der Waals surface area contributed by atoms with Crippen LogP contribution in [0.1, 0.15) is 38.6 Å². The summed E-state index contributed by atoms with van der Waals surface area (Å²) in [7, 11) is 0. The summed E-state index contributed by atoms with van der Waals surface area (Å²) in [5.74, 6) is 1.96. The average molecular weight is 350 g/mol.